The Morgan fingerprint density at radius 1 is 0.889 bits per heavy atom. The maximum Gasteiger partial charge on any atom is 0.460 e. The Labute approximate surface area is 93.5 Å². The van der Waals surface area contributed by atoms with Gasteiger partial charge in [0.05, 0.1) is 0 Å². The van der Waals surface area contributed by atoms with E-state index in [0.29, 0.717) is 6.08 Å². The summed E-state index contributed by atoms with van der Waals surface area (Å²) in [6.07, 6.45) is -6.51. The van der Waals surface area contributed by atoms with Crippen LogP contribution in [0.15, 0.2) is 4.99 Å². The average molecular weight is 289 g/mol. The van der Waals surface area contributed by atoms with Gasteiger partial charge in [-0.1, -0.05) is 0 Å². The Kier molecular flexibility index (Phi) is 4.14. The summed E-state index contributed by atoms with van der Waals surface area (Å²) in [5.74, 6) is -19.6. The topological polar surface area (TPSA) is 29.4 Å². The van der Waals surface area contributed by atoms with Crippen molar-refractivity contribution in [2.75, 3.05) is 0 Å². The molecular weight excluding hydrogens is 285 g/mol. The van der Waals surface area contributed by atoms with Gasteiger partial charge in [-0.3, -0.25) is 0 Å². The predicted molar refractivity (Wildman–Crippen MR) is 38.5 cm³/mol. The number of hydrogen-bond acceptors (Lipinski definition) is 2. The van der Waals surface area contributed by atoms with Crippen LogP contribution < -0.4 is 0 Å². The highest BCUT2D eigenvalue weighted by atomic mass is 19.4. The van der Waals surface area contributed by atoms with Crippen molar-refractivity contribution in [3.63, 3.8) is 0 Å². The molecule has 0 rings (SSSR count). The molecule has 0 fully saturated rings. The number of halogens is 9. The molecule has 1 unspecified atom stereocenters. The summed E-state index contributed by atoms with van der Waals surface area (Å²) in [5.41, 5.74) is 0. The molecule has 0 N–H and O–H groups in total. The van der Waals surface area contributed by atoms with Gasteiger partial charge in [0.15, 0.2) is 0 Å². The minimum absolute atomic E-state index is 0.0747. The quantitative estimate of drug-likeness (QED) is 0.444. The third kappa shape index (κ3) is 2.31. The van der Waals surface area contributed by atoms with Crippen molar-refractivity contribution in [1.29, 1.82) is 0 Å². The summed E-state index contributed by atoms with van der Waals surface area (Å²) in [6.45, 7) is 0.0747. The van der Waals surface area contributed by atoms with Gasteiger partial charge in [0, 0.05) is 0 Å². The lowest BCUT2D eigenvalue weighted by atomic mass is 9.98. The van der Waals surface area contributed by atoms with Crippen LogP contribution in [0.5, 0.6) is 0 Å². The number of hydrogen-bond donors (Lipinski definition) is 0. The fourth-order valence-electron chi connectivity index (χ4n) is 0.810. The summed E-state index contributed by atoms with van der Waals surface area (Å²) in [5, 5.41) is 0. The first-order valence-corrected chi connectivity index (χ1v) is 4.00. The van der Waals surface area contributed by atoms with Gasteiger partial charge < -0.3 is 0 Å². The molecule has 0 aromatic rings. The summed E-state index contributed by atoms with van der Waals surface area (Å²) in [7, 11) is 0. The third-order valence-corrected chi connectivity index (χ3v) is 1.94. The molecule has 0 aliphatic carbocycles. The van der Waals surface area contributed by atoms with Gasteiger partial charge in [-0.2, -0.15) is 44.5 Å². The number of alkyl halides is 9. The van der Waals surface area contributed by atoms with Crippen molar-refractivity contribution in [3.05, 3.63) is 0 Å². The third-order valence-electron chi connectivity index (χ3n) is 1.94. The van der Waals surface area contributed by atoms with Crippen LogP contribution in [0.25, 0.3) is 0 Å². The molecule has 0 amide bonds. The SMILES string of the molecule is CC(N=C=O)C(F)(F)C(F)(F)C(F)(F)C(F)(F)F. The smallest absolute Gasteiger partial charge is 0.211 e. The number of isocyanates is 1. The first-order chi connectivity index (χ1) is 7.73. The first kappa shape index (κ1) is 16.8. The largest absolute Gasteiger partial charge is 0.460 e. The van der Waals surface area contributed by atoms with Gasteiger partial charge in [-0.15, -0.1) is 0 Å². The molecule has 0 saturated heterocycles. The molecule has 0 aliphatic heterocycles. The average Bonchev–Trinajstić information content (AvgIpc) is 2.15. The molecule has 2 nitrogen and oxygen atoms in total. The van der Waals surface area contributed by atoms with E-state index in [2.05, 4.69) is 0 Å². The molecule has 18 heavy (non-hydrogen) atoms. The predicted octanol–water partition coefficient (Wildman–Crippen LogP) is 3.18. The second-order valence-corrected chi connectivity index (χ2v) is 3.17. The maximum absolute atomic E-state index is 12.8. The van der Waals surface area contributed by atoms with Crippen molar-refractivity contribution in [2.24, 2.45) is 4.99 Å². The molecule has 0 saturated carbocycles. The van der Waals surface area contributed by atoms with Gasteiger partial charge in [-0.25, -0.2) is 4.79 Å². The van der Waals surface area contributed by atoms with Crippen LogP contribution in [0.1, 0.15) is 6.92 Å². The maximum atomic E-state index is 12.8. The monoisotopic (exact) mass is 289 g/mol. The zero-order chi connectivity index (χ0) is 15.0. The van der Waals surface area contributed by atoms with Gasteiger partial charge in [0.1, 0.15) is 6.04 Å². The van der Waals surface area contributed by atoms with E-state index in [4.69, 9.17) is 0 Å². The van der Waals surface area contributed by atoms with E-state index in [1.807, 2.05) is 4.99 Å². The molecule has 0 aromatic heterocycles. The summed E-state index contributed by atoms with van der Waals surface area (Å²) < 4.78 is 110. The molecule has 11 heteroatoms. The number of nitrogens with zero attached hydrogens (tertiary/aromatic N) is 1. The standard InChI is InChI=1S/C7H4F9NO/c1-3(17-2-18)4(8,9)5(10,11)6(12,13)7(14,15)16/h3H,1H3. The van der Waals surface area contributed by atoms with Crippen LogP contribution in [0.4, 0.5) is 39.5 Å². The van der Waals surface area contributed by atoms with Gasteiger partial charge >= 0.3 is 23.9 Å². The fourth-order valence-corrected chi connectivity index (χ4v) is 0.810. The summed E-state index contributed by atoms with van der Waals surface area (Å²) in [4.78, 5) is 11.6. The number of rotatable bonds is 4. The zero-order valence-corrected chi connectivity index (χ0v) is 8.33. The van der Waals surface area contributed by atoms with E-state index in [0.717, 1.165) is 0 Å². The fraction of sp³-hybridized carbons (Fsp3) is 0.857. The van der Waals surface area contributed by atoms with Crippen molar-refractivity contribution in [3.8, 4) is 0 Å². The van der Waals surface area contributed by atoms with E-state index < -0.39 is 30.0 Å². The lowest BCUT2D eigenvalue weighted by Gasteiger charge is -2.34. The van der Waals surface area contributed by atoms with E-state index in [-0.39, 0.29) is 6.92 Å². The molecule has 1 atom stereocenters. The molecule has 0 bridgehead atoms. The minimum Gasteiger partial charge on any atom is -0.211 e. The van der Waals surface area contributed by atoms with E-state index >= 15 is 0 Å². The van der Waals surface area contributed by atoms with Gasteiger partial charge in [0.2, 0.25) is 6.08 Å². The molecule has 0 heterocycles. The van der Waals surface area contributed by atoms with Crippen molar-refractivity contribution < 1.29 is 44.3 Å². The van der Waals surface area contributed by atoms with Crippen LogP contribution in [0.2, 0.25) is 0 Å². The Morgan fingerprint density at radius 2 is 1.28 bits per heavy atom. The van der Waals surface area contributed by atoms with Gasteiger partial charge in [0.25, 0.3) is 0 Å². The lowest BCUT2D eigenvalue weighted by molar-refractivity contribution is -0.397. The number of aliphatic imine (C=N–C) groups is 1. The lowest BCUT2D eigenvalue weighted by Crippen LogP contribution is -2.63. The highest BCUT2D eigenvalue weighted by Gasteiger charge is 2.82. The molecule has 106 valence electrons. The molecular formula is C7H4F9NO. The van der Waals surface area contributed by atoms with Crippen molar-refractivity contribution in [2.45, 2.75) is 36.9 Å². The van der Waals surface area contributed by atoms with Crippen molar-refractivity contribution >= 4 is 6.08 Å². The highest BCUT2D eigenvalue weighted by molar-refractivity contribution is 5.34. The molecule has 0 aliphatic rings. The van der Waals surface area contributed by atoms with Crippen LogP contribution in [0, 0.1) is 0 Å². The van der Waals surface area contributed by atoms with Crippen molar-refractivity contribution in [1.82, 2.24) is 0 Å². The second kappa shape index (κ2) is 4.45. The first-order valence-electron chi connectivity index (χ1n) is 4.00. The highest BCUT2D eigenvalue weighted by Crippen LogP contribution is 2.54. The summed E-state index contributed by atoms with van der Waals surface area (Å²) in [6, 6.07) is -3.10. The Hall–Kier alpha value is -1.25. The van der Waals surface area contributed by atoms with E-state index in [1.165, 1.54) is 0 Å². The minimum atomic E-state index is -6.98. The molecule has 0 aromatic carbocycles. The molecule has 0 spiro atoms. The van der Waals surface area contributed by atoms with Crippen LogP contribution in [-0.2, 0) is 4.79 Å². The Bertz CT molecular complexity index is 354. The van der Waals surface area contributed by atoms with E-state index in [1.54, 1.807) is 0 Å². The van der Waals surface area contributed by atoms with Gasteiger partial charge in [-0.05, 0) is 6.92 Å². The second-order valence-electron chi connectivity index (χ2n) is 3.17. The zero-order valence-electron chi connectivity index (χ0n) is 8.33. The Balaban J connectivity index is 5.70. The Morgan fingerprint density at radius 3 is 1.56 bits per heavy atom. The normalized spacial score (nSPS) is 16.1. The summed E-state index contributed by atoms with van der Waals surface area (Å²) >= 11 is 0. The van der Waals surface area contributed by atoms with Crippen LogP contribution >= 0.6 is 0 Å². The van der Waals surface area contributed by atoms with E-state index in [9.17, 15) is 44.3 Å². The van der Waals surface area contributed by atoms with Crippen LogP contribution in [0.3, 0.4) is 0 Å². The number of carbonyl (C=O) groups excluding carboxylic acids is 1. The molecule has 0 radical (unpaired) electrons. The van der Waals surface area contributed by atoms with Crippen LogP contribution in [-0.4, -0.2) is 36.1 Å².